The standard InChI is InChI=1S/C23H17F6N3O/c1-13(2)33-16-10-8-14(9-11-16)17-12-18(22(24,25)26)32-21(30-17)19(15-6-4-3-5-7-15)20(31-32)23(27,28)29/h3-13H,1-2H3. The number of ether oxygens (including phenoxy) is 1. The second-order valence-electron chi connectivity index (χ2n) is 7.54. The Morgan fingerprint density at radius 1 is 0.818 bits per heavy atom. The molecule has 2 heterocycles. The van der Waals surface area contributed by atoms with E-state index in [1.165, 1.54) is 36.4 Å². The van der Waals surface area contributed by atoms with Gasteiger partial charge in [-0.05, 0) is 49.7 Å². The number of fused-ring (bicyclic) bond motifs is 1. The van der Waals surface area contributed by atoms with Gasteiger partial charge < -0.3 is 4.74 Å². The zero-order chi connectivity index (χ0) is 24.0. The molecule has 0 aliphatic carbocycles. The lowest BCUT2D eigenvalue weighted by atomic mass is 10.0. The average Bonchev–Trinajstić information content (AvgIpc) is 3.13. The highest BCUT2D eigenvalue weighted by Gasteiger charge is 2.42. The van der Waals surface area contributed by atoms with Gasteiger partial charge in [0.05, 0.1) is 17.4 Å². The molecule has 0 aliphatic rings. The zero-order valence-electron chi connectivity index (χ0n) is 17.4. The molecular weight excluding hydrogens is 448 g/mol. The molecule has 4 rings (SSSR count). The molecule has 0 saturated heterocycles. The summed E-state index contributed by atoms with van der Waals surface area (Å²) in [6.07, 6.45) is -10.1. The molecule has 0 unspecified atom stereocenters. The van der Waals surface area contributed by atoms with Gasteiger partial charge in [0, 0.05) is 5.56 Å². The van der Waals surface area contributed by atoms with E-state index in [0.717, 1.165) is 0 Å². The van der Waals surface area contributed by atoms with Gasteiger partial charge in [-0.15, -0.1) is 0 Å². The molecule has 0 amide bonds. The van der Waals surface area contributed by atoms with Crippen LogP contribution in [0.25, 0.3) is 28.0 Å². The third kappa shape index (κ3) is 4.50. The summed E-state index contributed by atoms with van der Waals surface area (Å²) >= 11 is 0. The Balaban J connectivity index is 2.01. The smallest absolute Gasteiger partial charge is 0.435 e. The third-order valence-electron chi connectivity index (χ3n) is 4.73. The number of rotatable bonds is 4. The van der Waals surface area contributed by atoms with E-state index in [9.17, 15) is 26.3 Å². The van der Waals surface area contributed by atoms with Crippen LogP contribution in [-0.2, 0) is 12.4 Å². The van der Waals surface area contributed by atoms with Crippen molar-refractivity contribution in [2.75, 3.05) is 0 Å². The number of hydrogen-bond acceptors (Lipinski definition) is 3. The van der Waals surface area contributed by atoms with E-state index < -0.39 is 35.0 Å². The van der Waals surface area contributed by atoms with Crippen molar-refractivity contribution in [1.82, 2.24) is 14.6 Å². The number of aromatic nitrogens is 3. The third-order valence-corrected chi connectivity index (χ3v) is 4.73. The molecule has 172 valence electrons. The first kappa shape index (κ1) is 22.6. The monoisotopic (exact) mass is 465 g/mol. The van der Waals surface area contributed by atoms with Crippen LogP contribution in [0.5, 0.6) is 5.75 Å². The predicted octanol–water partition coefficient (Wildman–Crippen LogP) is 6.89. The summed E-state index contributed by atoms with van der Waals surface area (Å²) in [5.74, 6) is 0.500. The highest BCUT2D eigenvalue weighted by molar-refractivity contribution is 5.82. The molecule has 2 aromatic heterocycles. The van der Waals surface area contributed by atoms with Crippen LogP contribution in [0.1, 0.15) is 25.2 Å². The van der Waals surface area contributed by atoms with Crippen LogP contribution in [0.2, 0.25) is 0 Å². The Hall–Kier alpha value is -3.56. The lowest BCUT2D eigenvalue weighted by Crippen LogP contribution is -2.14. The van der Waals surface area contributed by atoms with Gasteiger partial charge in [-0.3, -0.25) is 0 Å². The molecule has 4 nitrogen and oxygen atoms in total. The van der Waals surface area contributed by atoms with E-state index in [1.54, 1.807) is 18.2 Å². The average molecular weight is 465 g/mol. The molecule has 0 saturated carbocycles. The van der Waals surface area contributed by atoms with E-state index >= 15 is 0 Å². The Kier molecular flexibility index (Phi) is 5.55. The second-order valence-corrected chi connectivity index (χ2v) is 7.54. The molecule has 0 fully saturated rings. The van der Waals surface area contributed by atoms with E-state index in [4.69, 9.17) is 4.74 Å². The minimum Gasteiger partial charge on any atom is -0.491 e. The first-order chi connectivity index (χ1) is 15.4. The van der Waals surface area contributed by atoms with E-state index in [1.807, 2.05) is 13.8 Å². The zero-order valence-corrected chi connectivity index (χ0v) is 17.4. The van der Waals surface area contributed by atoms with Gasteiger partial charge in [0.15, 0.2) is 17.0 Å². The van der Waals surface area contributed by atoms with Crippen molar-refractivity contribution in [2.24, 2.45) is 0 Å². The fourth-order valence-corrected chi connectivity index (χ4v) is 3.41. The summed E-state index contributed by atoms with van der Waals surface area (Å²) in [7, 11) is 0. The van der Waals surface area contributed by atoms with E-state index in [0.29, 0.717) is 11.8 Å². The Morgan fingerprint density at radius 3 is 2.00 bits per heavy atom. The number of halogens is 6. The number of nitrogens with zero attached hydrogens (tertiary/aromatic N) is 3. The van der Waals surface area contributed by atoms with Crippen molar-refractivity contribution < 1.29 is 31.1 Å². The lowest BCUT2D eigenvalue weighted by molar-refractivity contribution is -0.146. The van der Waals surface area contributed by atoms with Crippen LogP contribution in [0.15, 0.2) is 60.7 Å². The van der Waals surface area contributed by atoms with Gasteiger partial charge in [0.25, 0.3) is 0 Å². The van der Waals surface area contributed by atoms with Crippen LogP contribution in [0.3, 0.4) is 0 Å². The van der Waals surface area contributed by atoms with Crippen molar-refractivity contribution in [3.63, 3.8) is 0 Å². The summed E-state index contributed by atoms with van der Waals surface area (Å²) in [6, 6.07) is 14.1. The van der Waals surface area contributed by atoms with Gasteiger partial charge in [-0.25, -0.2) is 9.50 Å². The molecule has 33 heavy (non-hydrogen) atoms. The molecule has 0 radical (unpaired) electrons. The minimum absolute atomic E-state index is 0.0540. The van der Waals surface area contributed by atoms with Crippen LogP contribution >= 0.6 is 0 Å². The summed E-state index contributed by atoms with van der Waals surface area (Å²) < 4.78 is 88.7. The maximum atomic E-state index is 13.9. The Bertz CT molecular complexity index is 1280. The number of alkyl halides is 6. The number of benzene rings is 2. The molecule has 4 aromatic rings. The summed E-state index contributed by atoms with van der Waals surface area (Å²) in [6.45, 7) is 3.64. The fourth-order valence-electron chi connectivity index (χ4n) is 3.41. The fraction of sp³-hybridized carbons (Fsp3) is 0.217. The van der Waals surface area contributed by atoms with E-state index in [2.05, 4.69) is 10.1 Å². The largest absolute Gasteiger partial charge is 0.491 e. The van der Waals surface area contributed by atoms with Gasteiger partial charge in [0.1, 0.15) is 5.75 Å². The Labute approximate surface area is 184 Å². The maximum Gasteiger partial charge on any atom is 0.435 e. The van der Waals surface area contributed by atoms with Crippen molar-refractivity contribution >= 4 is 5.65 Å². The normalized spacial score (nSPS) is 12.5. The molecule has 0 N–H and O–H groups in total. The molecule has 0 atom stereocenters. The Morgan fingerprint density at radius 2 is 1.45 bits per heavy atom. The summed E-state index contributed by atoms with van der Waals surface area (Å²) in [5, 5.41) is 3.30. The summed E-state index contributed by atoms with van der Waals surface area (Å²) in [5.41, 5.74) is -3.67. The SMILES string of the molecule is CC(C)Oc1ccc(-c2cc(C(F)(F)F)n3nc(C(F)(F)F)c(-c4ccccc4)c3n2)cc1. The predicted molar refractivity (Wildman–Crippen MR) is 110 cm³/mol. The minimum atomic E-state index is -4.99. The van der Waals surface area contributed by atoms with Crippen LogP contribution in [0.4, 0.5) is 26.3 Å². The van der Waals surface area contributed by atoms with Crippen LogP contribution in [-0.4, -0.2) is 20.7 Å². The second kappa shape index (κ2) is 8.09. The van der Waals surface area contributed by atoms with Gasteiger partial charge in [0.2, 0.25) is 0 Å². The summed E-state index contributed by atoms with van der Waals surface area (Å²) in [4.78, 5) is 4.18. The molecule has 0 aliphatic heterocycles. The highest BCUT2D eigenvalue weighted by atomic mass is 19.4. The van der Waals surface area contributed by atoms with Crippen molar-refractivity contribution in [1.29, 1.82) is 0 Å². The quantitative estimate of drug-likeness (QED) is 0.308. The lowest BCUT2D eigenvalue weighted by Gasteiger charge is -2.13. The first-order valence-corrected chi connectivity index (χ1v) is 9.86. The van der Waals surface area contributed by atoms with Crippen LogP contribution < -0.4 is 4.74 Å². The highest BCUT2D eigenvalue weighted by Crippen LogP contribution is 2.41. The molecule has 10 heteroatoms. The van der Waals surface area contributed by atoms with Gasteiger partial charge in [-0.1, -0.05) is 30.3 Å². The molecule has 2 aromatic carbocycles. The van der Waals surface area contributed by atoms with Crippen molar-refractivity contribution in [2.45, 2.75) is 32.3 Å². The molecule has 0 spiro atoms. The van der Waals surface area contributed by atoms with E-state index in [-0.39, 0.29) is 27.4 Å². The first-order valence-electron chi connectivity index (χ1n) is 9.86. The van der Waals surface area contributed by atoms with Gasteiger partial charge in [-0.2, -0.15) is 31.4 Å². The van der Waals surface area contributed by atoms with Crippen molar-refractivity contribution in [3.8, 4) is 28.1 Å². The van der Waals surface area contributed by atoms with Gasteiger partial charge >= 0.3 is 12.4 Å². The topological polar surface area (TPSA) is 39.4 Å². The number of hydrogen-bond donors (Lipinski definition) is 0. The van der Waals surface area contributed by atoms with Crippen molar-refractivity contribution in [3.05, 3.63) is 72.1 Å². The molecule has 0 bridgehead atoms. The molecular formula is C23H17F6N3O. The maximum absolute atomic E-state index is 13.9. The van der Waals surface area contributed by atoms with Crippen LogP contribution in [0, 0.1) is 0 Å².